The minimum Gasteiger partial charge on any atom is -0.477 e. The van der Waals surface area contributed by atoms with Crippen molar-refractivity contribution in [2.24, 2.45) is 5.92 Å². The highest BCUT2D eigenvalue weighted by Crippen LogP contribution is 2.22. The van der Waals surface area contributed by atoms with Gasteiger partial charge in [0.1, 0.15) is 4.88 Å². The Bertz CT molecular complexity index is 375. The molecule has 0 aromatic carbocycles. The zero-order valence-corrected chi connectivity index (χ0v) is 11.4. The van der Waals surface area contributed by atoms with Crippen LogP contribution in [-0.4, -0.2) is 22.6 Å². The highest BCUT2D eigenvalue weighted by atomic mass is 32.1. The Morgan fingerprint density at radius 3 is 2.71 bits per heavy atom. The van der Waals surface area contributed by atoms with E-state index in [-0.39, 0.29) is 0 Å². The SMILES string of the molecule is Cc1nc(NCCCCC(C)C)sc1C(=O)O. The third kappa shape index (κ3) is 4.73. The largest absolute Gasteiger partial charge is 0.477 e. The van der Waals surface area contributed by atoms with E-state index in [0.29, 0.717) is 15.7 Å². The fourth-order valence-corrected chi connectivity index (χ4v) is 2.37. The zero-order valence-electron chi connectivity index (χ0n) is 10.6. The fraction of sp³-hybridized carbons (Fsp3) is 0.667. The van der Waals surface area contributed by atoms with Crippen molar-refractivity contribution >= 4 is 22.4 Å². The molecule has 0 spiro atoms. The lowest BCUT2D eigenvalue weighted by atomic mass is 10.1. The van der Waals surface area contributed by atoms with Gasteiger partial charge in [0.05, 0.1) is 5.69 Å². The number of thiazole rings is 1. The zero-order chi connectivity index (χ0) is 12.8. The molecule has 0 radical (unpaired) electrons. The van der Waals surface area contributed by atoms with Gasteiger partial charge in [0.25, 0.3) is 0 Å². The molecule has 1 aromatic rings. The lowest BCUT2D eigenvalue weighted by Crippen LogP contribution is -2.01. The predicted molar refractivity (Wildman–Crippen MR) is 71.0 cm³/mol. The third-order valence-electron chi connectivity index (χ3n) is 2.48. The molecule has 1 rings (SSSR count). The van der Waals surface area contributed by atoms with E-state index in [0.717, 1.165) is 18.9 Å². The highest BCUT2D eigenvalue weighted by Gasteiger charge is 2.13. The molecule has 0 saturated carbocycles. The van der Waals surface area contributed by atoms with Gasteiger partial charge in [0, 0.05) is 6.54 Å². The number of aryl methyl sites for hydroxylation is 1. The quantitative estimate of drug-likeness (QED) is 0.734. The number of aromatic carboxylic acids is 1. The summed E-state index contributed by atoms with van der Waals surface area (Å²) in [7, 11) is 0. The van der Waals surface area contributed by atoms with Crippen molar-refractivity contribution in [1.29, 1.82) is 0 Å². The number of nitrogens with one attached hydrogen (secondary N) is 1. The van der Waals surface area contributed by atoms with Crippen LogP contribution in [0.3, 0.4) is 0 Å². The summed E-state index contributed by atoms with van der Waals surface area (Å²) in [6.45, 7) is 7.02. The Balaban J connectivity index is 2.32. The molecule has 96 valence electrons. The second-order valence-electron chi connectivity index (χ2n) is 4.56. The summed E-state index contributed by atoms with van der Waals surface area (Å²) < 4.78 is 0. The molecule has 0 bridgehead atoms. The number of unbranched alkanes of at least 4 members (excludes halogenated alkanes) is 1. The van der Waals surface area contributed by atoms with E-state index < -0.39 is 5.97 Å². The molecule has 5 heteroatoms. The number of nitrogens with zero attached hydrogens (tertiary/aromatic N) is 1. The van der Waals surface area contributed by atoms with Crippen LogP contribution < -0.4 is 5.32 Å². The molecule has 0 aliphatic carbocycles. The number of aromatic nitrogens is 1. The van der Waals surface area contributed by atoms with Crippen LogP contribution in [0.4, 0.5) is 5.13 Å². The maximum absolute atomic E-state index is 10.8. The van der Waals surface area contributed by atoms with E-state index in [1.807, 2.05) is 0 Å². The predicted octanol–water partition coefficient (Wildman–Crippen LogP) is 3.39. The van der Waals surface area contributed by atoms with E-state index in [1.54, 1.807) is 6.92 Å². The molecular weight excluding hydrogens is 236 g/mol. The monoisotopic (exact) mass is 256 g/mol. The molecular formula is C12H20N2O2S. The van der Waals surface area contributed by atoms with Crippen molar-refractivity contribution in [2.75, 3.05) is 11.9 Å². The average molecular weight is 256 g/mol. The Hall–Kier alpha value is -1.10. The summed E-state index contributed by atoms with van der Waals surface area (Å²) in [6.07, 6.45) is 3.53. The number of carbonyl (C=O) groups is 1. The number of carboxylic acid groups (broad SMARTS) is 1. The van der Waals surface area contributed by atoms with E-state index in [9.17, 15) is 4.79 Å². The van der Waals surface area contributed by atoms with Gasteiger partial charge in [0.15, 0.2) is 5.13 Å². The van der Waals surface area contributed by atoms with Gasteiger partial charge in [0.2, 0.25) is 0 Å². The van der Waals surface area contributed by atoms with Gasteiger partial charge in [-0.1, -0.05) is 38.0 Å². The first-order valence-corrected chi connectivity index (χ1v) is 6.77. The average Bonchev–Trinajstić information content (AvgIpc) is 2.59. The highest BCUT2D eigenvalue weighted by molar-refractivity contribution is 7.17. The normalized spacial score (nSPS) is 10.8. The smallest absolute Gasteiger partial charge is 0.347 e. The first-order chi connectivity index (χ1) is 8.00. The van der Waals surface area contributed by atoms with Gasteiger partial charge in [-0.25, -0.2) is 9.78 Å². The molecule has 1 heterocycles. The number of anilines is 1. The molecule has 4 nitrogen and oxygen atoms in total. The van der Waals surface area contributed by atoms with Crippen LogP contribution in [0.2, 0.25) is 0 Å². The molecule has 0 saturated heterocycles. The van der Waals surface area contributed by atoms with Gasteiger partial charge < -0.3 is 10.4 Å². The van der Waals surface area contributed by atoms with Crippen molar-refractivity contribution in [2.45, 2.75) is 40.0 Å². The molecule has 0 atom stereocenters. The Morgan fingerprint density at radius 1 is 1.47 bits per heavy atom. The molecule has 0 unspecified atom stereocenters. The number of carboxylic acids is 1. The van der Waals surface area contributed by atoms with Crippen molar-refractivity contribution in [3.63, 3.8) is 0 Å². The minimum atomic E-state index is -0.896. The molecule has 2 N–H and O–H groups in total. The molecule has 0 aliphatic heterocycles. The summed E-state index contributed by atoms with van der Waals surface area (Å²) in [5, 5.41) is 12.8. The summed E-state index contributed by atoms with van der Waals surface area (Å²) in [6, 6.07) is 0. The van der Waals surface area contributed by atoms with Gasteiger partial charge in [-0.2, -0.15) is 0 Å². The van der Waals surface area contributed by atoms with E-state index in [4.69, 9.17) is 5.11 Å². The lowest BCUT2D eigenvalue weighted by Gasteiger charge is -2.04. The standard InChI is InChI=1S/C12H20N2O2S/c1-8(2)6-4-5-7-13-12-14-9(3)10(17-12)11(15)16/h8H,4-7H2,1-3H3,(H,13,14)(H,15,16). The molecule has 0 aliphatic rings. The number of rotatable bonds is 7. The fourth-order valence-electron chi connectivity index (χ4n) is 1.54. The minimum absolute atomic E-state index is 0.328. The molecule has 17 heavy (non-hydrogen) atoms. The Kier molecular flexibility index (Phi) is 5.41. The maximum atomic E-state index is 10.8. The number of hydrogen-bond acceptors (Lipinski definition) is 4. The van der Waals surface area contributed by atoms with E-state index >= 15 is 0 Å². The molecule has 0 amide bonds. The molecule has 1 aromatic heterocycles. The first kappa shape index (κ1) is 14.0. The molecule has 0 fully saturated rings. The summed E-state index contributed by atoms with van der Waals surface area (Å²) in [4.78, 5) is 15.3. The van der Waals surface area contributed by atoms with Crippen LogP contribution in [0.25, 0.3) is 0 Å². The second kappa shape index (κ2) is 6.59. The Labute approximate surface area is 106 Å². The van der Waals surface area contributed by atoms with Crippen LogP contribution in [0.1, 0.15) is 48.5 Å². The summed E-state index contributed by atoms with van der Waals surface area (Å²) in [5.41, 5.74) is 0.590. The van der Waals surface area contributed by atoms with Crippen LogP contribution in [-0.2, 0) is 0 Å². The first-order valence-electron chi connectivity index (χ1n) is 5.95. The van der Waals surface area contributed by atoms with Crippen molar-refractivity contribution in [3.05, 3.63) is 10.6 Å². The van der Waals surface area contributed by atoms with Crippen LogP contribution in [0.15, 0.2) is 0 Å². The summed E-state index contributed by atoms with van der Waals surface area (Å²) >= 11 is 1.21. The lowest BCUT2D eigenvalue weighted by molar-refractivity contribution is 0.0701. The van der Waals surface area contributed by atoms with Crippen LogP contribution in [0, 0.1) is 12.8 Å². The van der Waals surface area contributed by atoms with E-state index in [1.165, 1.54) is 24.2 Å². The van der Waals surface area contributed by atoms with Gasteiger partial charge in [-0.05, 0) is 19.3 Å². The van der Waals surface area contributed by atoms with Gasteiger partial charge >= 0.3 is 5.97 Å². The third-order valence-corrected chi connectivity index (χ3v) is 3.58. The van der Waals surface area contributed by atoms with Crippen molar-refractivity contribution in [3.8, 4) is 0 Å². The van der Waals surface area contributed by atoms with Gasteiger partial charge in [-0.15, -0.1) is 0 Å². The van der Waals surface area contributed by atoms with Crippen molar-refractivity contribution < 1.29 is 9.90 Å². The maximum Gasteiger partial charge on any atom is 0.347 e. The summed E-state index contributed by atoms with van der Waals surface area (Å²) in [5.74, 6) is -0.149. The van der Waals surface area contributed by atoms with Crippen molar-refractivity contribution in [1.82, 2.24) is 4.98 Å². The van der Waals surface area contributed by atoms with Crippen LogP contribution in [0.5, 0.6) is 0 Å². The second-order valence-corrected chi connectivity index (χ2v) is 5.55. The van der Waals surface area contributed by atoms with Crippen LogP contribution >= 0.6 is 11.3 Å². The van der Waals surface area contributed by atoms with E-state index in [2.05, 4.69) is 24.1 Å². The number of hydrogen-bond donors (Lipinski definition) is 2. The van der Waals surface area contributed by atoms with Gasteiger partial charge in [-0.3, -0.25) is 0 Å². The topological polar surface area (TPSA) is 62.2 Å². The Morgan fingerprint density at radius 2 is 2.18 bits per heavy atom.